The molecule has 1 amide bonds. The molecule has 0 bridgehead atoms. The first-order chi connectivity index (χ1) is 18.3. The van der Waals surface area contributed by atoms with Crippen molar-refractivity contribution in [3.63, 3.8) is 0 Å². The highest BCUT2D eigenvalue weighted by molar-refractivity contribution is 6.51. The van der Waals surface area contributed by atoms with Crippen molar-refractivity contribution >= 4 is 46.0 Å². The van der Waals surface area contributed by atoms with Gasteiger partial charge >= 0.3 is 5.91 Å². The third-order valence-electron chi connectivity index (χ3n) is 6.12. The van der Waals surface area contributed by atoms with Crippen molar-refractivity contribution in [2.75, 3.05) is 11.5 Å². The molecule has 1 atom stereocenters. The molecule has 2 N–H and O–H groups in total. The molecule has 194 valence electrons. The van der Waals surface area contributed by atoms with Crippen molar-refractivity contribution in [3.8, 4) is 11.5 Å². The van der Waals surface area contributed by atoms with Crippen LogP contribution in [0.25, 0.3) is 16.8 Å². The third kappa shape index (κ3) is 4.59. The maximum absolute atomic E-state index is 13.5. The van der Waals surface area contributed by atoms with Crippen LogP contribution < -0.4 is 14.4 Å². The Bertz CT molecular complexity index is 1530. The van der Waals surface area contributed by atoms with Gasteiger partial charge in [-0.15, -0.1) is 0 Å². The molecule has 0 spiro atoms. The van der Waals surface area contributed by atoms with E-state index in [1.54, 1.807) is 48.5 Å². The normalized spacial score (nSPS) is 17.0. The number of fused-ring (bicyclic) bond motifs is 1. The van der Waals surface area contributed by atoms with Crippen LogP contribution in [0, 0.1) is 0 Å². The van der Waals surface area contributed by atoms with E-state index in [0.29, 0.717) is 34.7 Å². The number of nitrogens with one attached hydrogen (secondary N) is 1. The number of ether oxygens (including phenoxy) is 2. The van der Waals surface area contributed by atoms with Gasteiger partial charge in [-0.2, -0.15) is 0 Å². The Morgan fingerprint density at radius 1 is 1.08 bits per heavy atom. The number of hydrogen-bond acceptors (Lipinski definition) is 6. The molecule has 3 aromatic carbocycles. The summed E-state index contributed by atoms with van der Waals surface area (Å²) in [6, 6.07) is 18.2. The second-order valence-corrected chi connectivity index (χ2v) is 9.46. The monoisotopic (exact) mass is 531 g/mol. The highest BCUT2D eigenvalue weighted by atomic mass is 35.5. The number of amides is 1. The maximum atomic E-state index is 13.5. The molecule has 1 unspecified atom stereocenters. The quantitative estimate of drug-likeness (QED) is 0.171. The van der Waals surface area contributed by atoms with E-state index in [4.69, 9.17) is 21.1 Å². The summed E-state index contributed by atoms with van der Waals surface area (Å²) in [5.41, 5.74) is 2.00. The lowest BCUT2D eigenvalue weighted by Crippen LogP contribution is -2.30. The summed E-state index contributed by atoms with van der Waals surface area (Å²) < 4.78 is 11.3. The minimum atomic E-state index is -0.976. The number of Topliss-reactive ketones (excluding diaryl/α,β-unsaturated/α-hetero) is 1. The second-order valence-electron chi connectivity index (χ2n) is 9.06. The summed E-state index contributed by atoms with van der Waals surface area (Å²) in [6.45, 7) is 6.08. The highest BCUT2D eigenvalue weighted by Crippen LogP contribution is 2.43. The number of imidazole rings is 1. The SMILES string of the molecule is CCOc1ccc(Cl)c(/C(O)=C2\C(=O)C(=O)N(c3nc4ccccc4[nH]3)C2c2ccc(OC(C)C)cc2)c1. The summed E-state index contributed by atoms with van der Waals surface area (Å²) in [5.74, 6) is -0.785. The molecule has 0 aliphatic carbocycles. The van der Waals surface area contributed by atoms with Crippen LogP contribution in [-0.2, 0) is 9.59 Å². The van der Waals surface area contributed by atoms with Crippen LogP contribution in [0.1, 0.15) is 37.9 Å². The average Bonchev–Trinajstić information content (AvgIpc) is 3.43. The number of aromatic nitrogens is 2. The predicted octanol–water partition coefficient (Wildman–Crippen LogP) is 6.03. The fourth-order valence-corrected chi connectivity index (χ4v) is 4.72. The number of hydrogen-bond donors (Lipinski definition) is 2. The summed E-state index contributed by atoms with van der Waals surface area (Å²) >= 11 is 6.43. The van der Waals surface area contributed by atoms with E-state index in [1.165, 1.54) is 4.90 Å². The first kappa shape index (κ1) is 25.4. The van der Waals surface area contributed by atoms with Gasteiger partial charge in [0.15, 0.2) is 0 Å². The highest BCUT2D eigenvalue weighted by Gasteiger charge is 2.48. The van der Waals surface area contributed by atoms with Gasteiger partial charge in [0.2, 0.25) is 5.95 Å². The number of carbonyl (C=O) groups is 2. The van der Waals surface area contributed by atoms with Crippen LogP contribution in [0.5, 0.6) is 11.5 Å². The molecule has 1 aromatic heterocycles. The van der Waals surface area contributed by atoms with Crippen LogP contribution in [0.2, 0.25) is 5.02 Å². The van der Waals surface area contributed by atoms with E-state index in [1.807, 2.05) is 39.0 Å². The lowest BCUT2D eigenvalue weighted by Gasteiger charge is -2.23. The number of aliphatic hydroxyl groups excluding tert-OH is 1. The molecule has 1 aliphatic heterocycles. The molecule has 9 heteroatoms. The standard InChI is InChI=1S/C29H26ClN3O5/c1-4-37-19-13-14-21(30)20(15-19)26(34)24-25(17-9-11-18(12-10-17)38-16(2)3)33(28(36)27(24)35)29-31-22-7-5-6-8-23(22)32-29/h5-16,25,34H,4H2,1-3H3,(H,31,32)/b26-24+. The third-order valence-corrected chi connectivity index (χ3v) is 6.45. The molecule has 0 saturated carbocycles. The van der Waals surface area contributed by atoms with Gasteiger partial charge < -0.3 is 19.6 Å². The minimum absolute atomic E-state index is 0.0261. The lowest BCUT2D eigenvalue weighted by atomic mass is 9.95. The van der Waals surface area contributed by atoms with Crippen LogP contribution in [0.4, 0.5) is 5.95 Å². The molecule has 38 heavy (non-hydrogen) atoms. The van der Waals surface area contributed by atoms with Crippen LogP contribution in [-0.4, -0.2) is 39.5 Å². The number of nitrogens with zero attached hydrogens (tertiary/aromatic N) is 2. The molecule has 4 aromatic rings. The molecular weight excluding hydrogens is 506 g/mol. The molecule has 0 radical (unpaired) electrons. The van der Waals surface area contributed by atoms with E-state index < -0.39 is 23.5 Å². The number of ketones is 1. The minimum Gasteiger partial charge on any atom is -0.507 e. The summed E-state index contributed by atoms with van der Waals surface area (Å²) in [6.07, 6.45) is -0.0261. The molecule has 2 heterocycles. The number of para-hydroxylation sites is 2. The van der Waals surface area contributed by atoms with Gasteiger partial charge in [-0.1, -0.05) is 35.9 Å². The molecule has 1 saturated heterocycles. The first-order valence-electron chi connectivity index (χ1n) is 12.2. The molecule has 8 nitrogen and oxygen atoms in total. The number of rotatable bonds is 7. The number of H-pyrrole nitrogens is 1. The van der Waals surface area contributed by atoms with Crippen LogP contribution >= 0.6 is 11.6 Å². The lowest BCUT2D eigenvalue weighted by molar-refractivity contribution is -0.132. The Morgan fingerprint density at radius 3 is 2.47 bits per heavy atom. The summed E-state index contributed by atoms with van der Waals surface area (Å²) in [5, 5.41) is 11.7. The van der Waals surface area contributed by atoms with E-state index in [9.17, 15) is 14.7 Å². The first-order valence-corrected chi connectivity index (χ1v) is 12.6. The van der Waals surface area contributed by atoms with Crippen molar-refractivity contribution < 1.29 is 24.2 Å². The van der Waals surface area contributed by atoms with Crippen molar-refractivity contribution in [3.05, 3.63) is 88.5 Å². The number of carbonyl (C=O) groups excluding carboxylic acids is 2. The van der Waals surface area contributed by atoms with Gasteiger partial charge in [0.1, 0.15) is 17.3 Å². The van der Waals surface area contributed by atoms with Crippen LogP contribution in [0.3, 0.4) is 0 Å². The topological polar surface area (TPSA) is 105 Å². The second kappa shape index (κ2) is 10.2. The zero-order valence-electron chi connectivity index (χ0n) is 21.1. The smallest absolute Gasteiger partial charge is 0.302 e. The van der Waals surface area contributed by atoms with Gasteiger partial charge in [0.05, 0.1) is 40.4 Å². The van der Waals surface area contributed by atoms with E-state index in [2.05, 4.69) is 9.97 Å². The van der Waals surface area contributed by atoms with Crippen molar-refractivity contribution in [1.82, 2.24) is 9.97 Å². The Hall–Kier alpha value is -4.30. The molecule has 1 aliphatic rings. The molecular formula is C29H26ClN3O5. The zero-order valence-corrected chi connectivity index (χ0v) is 21.8. The molecule has 1 fully saturated rings. The average molecular weight is 532 g/mol. The van der Waals surface area contributed by atoms with Crippen molar-refractivity contribution in [2.45, 2.75) is 32.9 Å². The van der Waals surface area contributed by atoms with Gasteiger partial charge in [0, 0.05) is 5.56 Å². The van der Waals surface area contributed by atoms with Crippen LogP contribution in [0.15, 0.2) is 72.3 Å². The summed E-state index contributed by atoms with van der Waals surface area (Å²) in [4.78, 5) is 35.9. The predicted molar refractivity (Wildman–Crippen MR) is 146 cm³/mol. The van der Waals surface area contributed by atoms with Gasteiger partial charge in [-0.25, -0.2) is 4.98 Å². The maximum Gasteiger partial charge on any atom is 0.302 e. The Labute approximate surface area is 224 Å². The van der Waals surface area contributed by atoms with E-state index in [-0.39, 0.29) is 28.2 Å². The largest absolute Gasteiger partial charge is 0.507 e. The number of anilines is 1. The van der Waals surface area contributed by atoms with Gasteiger partial charge in [-0.3, -0.25) is 14.5 Å². The Balaban J connectivity index is 1.70. The fraction of sp³-hybridized carbons (Fsp3) is 0.207. The molecule has 5 rings (SSSR count). The number of aromatic amines is 1. The van der Waals surface area contributed by atoms with Gasteiger partial charge in [0.25, 0.3) is 5.78 Å². The number of halogens is 1. The Kier molecular flexibility index (Phi) is 6.82. The fourth-order valence-electron chi connectivity index (χ4n) is 4.51. The van der Waals surface area contributed by atoms with E-state index in [0.717, 1.165) is 0 Å². The zero-order chi connectivity index (χ0) is 27.0. The van der Waals surface area contributed by atoms with Crippen molar-refractivity contribution in [1.29, 1.82) is 0 Å². The van der Waals surface area contributed by atoms with Gasteiger partial charge in [-0.05, 0) is 68.8 Å². The number of benzene rings is 3. The Morgan fingerprint density at radius 2 is 1.79 bits per heavy atom. The summed E-state index contributed by atoms with van der Waals surface area (Å²) in [7, 11) is 0. The number of aliphatic hydroxyl groups is 1. The van der Waals surface area contributed by atoms with Crippen molar-refractivity contribution in [2.24, 2.45) is 0 Å². The van der Waals surface area contributed by atoms with E-state index >= 15 is 0 Å².